The van der Waals surface area contributed by atoms with Crippen LogP contribution in [0.1, 0.15) is 92.4 Å². The van der Waals surface area contributed by atoms with Crippen LogP contribution in [0, 0.1) is 23.2 Å². The van der Waals surface area contributed by atoms with Gasteiger partial charge in [-0.25, -0.2) is 4.79 Å². The van der Waals surface area contributed by atoms with Crippen LogP contribution in [-0.4, -0.2) is 58.3 Å². The minimum absolute atomic E-state index is 0.0401. The average Bonchev–Trinajstić information content (AvgIpc) is 3.13. The SMILES string of the molecule is C=C1CC[C@@H](CC[C@@H]2CC[C@]3(OC2)O[C@@]2(O)CC[C@]3(C)OC2(C)C)C(C)(C)[C@H]1C/C=C1/C(=O)OC[C@H]1O. The lowest BCUT2D eigenvalue weighted by Gasteiger charge is -2.66. The predicted octanol–water partition coefficient (Wildman–Crippen LogP) is 4.80. The predicted molar refractivity (Wildman–Crippen MR) is 138 cm³/mol. The Bertz CT molecular complexity index is 959. The van der Waals surface area contributed by atoms with E-state index in [0.29, 0.717) is 36.9 Å². The van der Waals surface area contributed by atoms with E-state index in [2.05, 4.69) is 27.4 Å². The second-order valence-corrected chi connectivity index (χ2v) is 13.6. The molecular formula is C30H46O7. The molecule has 0 unspecified atom stereocenters. The van der Waals surface area contributed by atoms with Crippen LogP contribution < -0.4 is 0 Å². The molecule has 6 fully saturated rings. The van der Waals surface area contributed by atoms with Crippen LogP contribution in [0.4, 0.5) is 0 Å². The highest BCUT2D eigenvalue weighted by molar-refractivity contribution is 5.91. The van der Waals surface area contributed by atoms with Crippen molar-refractivity contribution in [3.8, 4) is 0 Å². The molecule has 0 aromatic rings. The van der Waals surface area contributed by atoms with Crippen LogP contribution in [0.2, 0.25) is 0 Å². The van der Waals surface area contributed by atoms with Gasteiger partial charge in [0.2, 0.25) is 5.79 Å². The second-order valence-electron chi connectivity index (χ2n) is 13.6. The summed E-state index contributed by atoms with van der Waals surface area (Å²) < 4.78 is 24.2. The van der Waals surface area contributed by atoms with Crippen molar-refractivity contribution in [2.24, 2.45) is 23.2 Å². The third kappa shape index (κ3) is 4.43. The Morgan fingerprint density at radius 2 is 1.78 bits per heavy atom. The van der Waals surface area contributed by atoms with E-state index in [-0.39, 0.29) is 17.9 Å². The number of ether oxygens (including phenoxy) is 4. The van der Waals surface area contributed by atoms with Crippen LogP contribution >= 0.6 is 0 Å². The van der Waals surface area contributed by atoms with Gasteiger partial charge in [0.05, 0.1) is 12.2 Å². The van der Waals surface area contributed by atoms with E-state index in [4.69, 9.17) is 18.9 Å². The van der Waals surface area contributed by atoms with E-state index in [1.165, 1.54) is 5.57 Å². The Kier molecular flexibility index (Phi) is 6.76. The first-order valence-electron chi connectivity index (χ1n) is 14.2. The van der Waals surface area contributed by atoms with E-state index < -0.39 is 34.8 Å². The Hall–Kier alpha value is -1.25. The smallest absolute Gasteiger partial charge is 0.336 e. The second kappa shape index (κ2) is 9.16. The monoisotopic (exact) mass is 518 g/mol. The largest absolute Gasteiger partial charge is 0.459 e. The maximum absolute atomic E-state index is 12.0. The van der Waals surface area contributed by atoms with Gasteiger partial charge in [0, 0.05) is 12.8 Å². The van der Waals surface area contributed by atoms with Crippen LogP contribution in [0.5, 0.6) is 0 Å². The summed E-state index contributed by atoms with van der Waals surface area (Å²) in [5.74, 6) is -1.34. The average molecular weight is 519 g/mol. The van der Waals surface area contributed by atoms with Gasteiger partial charge in [-0.1, -0.05) is 32.1 Å². The standard InChI is InChI=1S/C30H46O7/c1-19-7-9-21(26(2,3)23(19)12-11-22-24(31)18-34-25(22)32)10-8-20-13-14-30(35-17-20)28(6)15-16-29(33,37-30)27(4,5)36-28/h11,20-21,23-24,31,33H,1,7-10,12-18H2,2-6H3/b22-11+/t20-,21+,23+,24-,28+,29+,30+/m1/s1. The number of hydrogen-bond donors (Lipinski definition) is 2. The molecule has 1 aliphatic carbocycles. The summed E-state index contributed by atoms with van der Waals surface area (Å²) in [7, 11) is 0. The van der Waals surface area contributed by atoms with Crippen molar-refractivity contribution in [1.29, 1.82) is 0 Å². The third-order valence-electron chi connectivity index (χ3n) is 10.7. The number of aliphatic hydroxyl groups excluding tert-OH is 1. The molecule has 1 saturated carbocycles. The number of aliphatic hydroxyl groups is 2. The molecule has 2 bridgehead atoms. The summed E-state index contributed by atoms with van der Waals surface area (Å²) in [4.78, 5) is 12.0. The highest BCUT2D eigenvalue weighted by atomic mass is 16.8. The van der Waals surface area contributed by atoms with Crippen LogP contribution in [0.3, 0.4) is 0 Å². The van der Waals surface area contributed by atoms with Crippen molar-refractivity contribution in [3.63, 3.8) is 0 Å². The molecule has 6 rings (SSSR count). The zero-order chi connectivity index (χ0) is 26.9. The van der Waals surface area contributed by atoms with E-state index in [1.807, 2.05) is 19.9 Å². The minimum atomic E-state index is -1.32. The Morgan fingerprint density at radius 3 is 2.41 bits per heavy atom. The number of fused-ring (bicyclic) bond motifs is 2. The molecule has 5 heterocycles. The molecule has 0 radical (unpaired) electrons. The summed E-state index contributed by atoms with van der Waals surface area (Å²) in [6, 6.07) is 0. The summed E-state index contributed by atoms with van der Waals surface area (Å²) in [6.07, 6.45) is 9.09. The van der Waals surface area contributed by atoms with Crippen molar-refractivity contribution in [1.82, 2.24) is 0 Å². The molecule has 7 nitrogen and oxygen atoms in total. The number of allylic oxidation sites excluding steroid dienone is 2. The van der Waals surface area contributed by atoms with Gasteiger partial charge in [0.25, 0.3) is 0 Å². The molecule has 5 saturated heterocycles. The van der Waals surface area contributed by atoms with Crippen molar-refractivity contribution >= 4 is 5.97 Å². The van der Waals surface area contributed by atoms with Crippen LogP contribution in [0.15, 0.2) is 23.8 Å². The Balaban J connectivity index is 1.19. The highest BCUT2D eigenvalue weighted by Gasteiger charge is 2.71. The van der Waals surface area contributed by atoms with Crippen molar-refractivity contribution in [2.75, 3.05) is 13.2 Å². The molecule has 6 aliphatic rings. The first-order valence-corrected chi connectivity index (χ1v) is 14.2. The first kappa shape index (κ1) is 27.3. The van der Waals surface area contributed by atoms with Gasteiger partial charge >= 0.3 is 5.97 Å². The number of carbonyl (C=O) groups is 1. The number of cyclic esters (lactones) is 1. The number of hydrogen-bond acceptors (Lipinski definition) is 7. The van der Waals surface area contributed by atoms with Crippen molar-refractivity contribution < 1.29 is 34.0 Å². The van der Waals surface area contributed by atoms with E-state index in [9.17, 15) is 15.0 Å². The highest BCUT2D eigenvalue weighted by Crippen LogP contribution is 2.59. The van der Waals surface area contributed by atoms with Gasteiger partial charge in [-0.05, 0) is 88.9 Å². The van der Waals surface area contributed by atoms with Crippen molar-refractivity contribution in [2.45, 2.75) is 121 Å². The Labute approximate surface area is 221 Å². The first-order chi connectivity index (χ1) is 17.2. The van der Waals surface area contributed by atoms with Crippen molar-refractivity contribution in [3.05, 3.63) is 23.8 Å². The van der Waals surface area contributed by atoms with E-state index >= 15 is 0 Å². The molecule has 208 valence electrons. The van der Waals surface area contributed by atoms with Gasteiger partial charge in [-0.3, -0.25) is 0 Å². The van der Waals surface area contributed by atoms with E-state index in [0.717, 1.165) is 44.9 Å². The molecule has 5 aliphatic heterocycles. The van der Waals surface area contributed by atoms with Gasteiger partial charge in [-0.2, -0.15) is 0 Å². The summed E-state index contributed by atoms with van der Waals surface area (Å²) >= 11 is 0. The van der Waals surface area contributed by atoms with Gasteiger partial charge in [-0.15, -0.1) is 0 Å². The zero-order valence-electron chi connectivity index (χ0n) is 23.3. The fourth-order valence-electron chi connectivity index (χ4n) is 7.82. The Morgan fingerprint density at radius 1 is 1.03 bits per heavy atom. The molecule has 7 atom stereocenters. The lowest BCUT2D eigenvalue weighted by atomic mass is 9.58. The number of rotatable bonds is 5. The minimum Gasteiger partial charge on any atom is -0.459 e. The maximum atomic E-state index is 12.0. The molecule has 0 amide bonds. The molecule has 2 N–H and O–H groups in total. The zero-order valence-corrected chi connectivity index (χ0v) is 23.3. The normalized spacial score (nSPS) is 46.0. The third-order valence-corrected chi connectivity index (χ3v) is 10.7. The quantitative estimate of drug-likeness (QED) is 0.307. The molecule has 0 aromatic carbocycles. The topological polar surface area (TPSA) is 94.5 Å². The fourth-order valence-corrected chi connectivity index (χ4v) is 7.82. The molecule has 1 spiro atoms. The lowest BCUT2D eigenvalue weighted by Crippen LogP contribution is -2.78. The molecule has 0 aromatic heterocycles. The summed E-state index contributed by atoms with van der Waals surface area (Å²) in [5, 5.41) is 21.3. The van der Waals surface area contributed by atoms with E-state index in [1.54, 1.807) is 0 Å². The molecule has 7 heteroatoms. The summed E-state index contributed by atoms with van der Waals surface area (Å²) in [5.41, 5.74) is 0.353. The lowest BCUT2D eigenvalue weighted by molar-refractivity contribution is -0.522. The van der Waals surface area contributed by atoms with Crippen LogP contribution in [-0.2, 0) is 23.7 Å². The number of esters is 1. The fraction of sp³-hybridized carbons (Fsp3) is 0.833. The van der Waals surface area contributed by atoms with Gasteiger partial charge in [0.15, 0.2) is 5.79 Å². The molecule has 37 heavy (non-hydrogen) atoms. The molecular weight excluding hydrogens is 472 g/mol. The number of carbonyl (C=O) groups excluding carboxylic acids is 1. The van der Waals surface area contributed by atoms with Gasteiger partial charge < -0.3 is 29.2 Å². The summed E-state index contributed by atoms with van der Waals surface area (Å²) in [6.45, 7) is 15.6. The van der Waals surface area contributed by atoms with Crippen LogP contribution in [0.25, 0.3) is 0 Å². The maximum Gasteiger partial charge on any atom is 0.336 e. The van der Waals surface area contributed by atoms with Gasteiger partial charge in [0.1, 0.15) is 23.9 Å².